The molecule has 0 saturated carbocycles. The van der Waals surface area contributed by atoms with Crippen LogP contribution in [0.5, 0.6) is 11.5 Å². The highest BCUT2D eigenvalue weighted by Crippen LogP contribution is 2.39. The molecule has 3 N–H and O–H groups in total. The summed E-state index contributed by atoms with van der Waals surface area (Å²) in [5, 5.41) is 10.2. The van der Waals surface area contributed by atoms with Gasteiger partial charge in [-0.3, -0.25) is 0 Å². The van der Waals surface area contributed by atoms with Crippen molar-refractivity contribution < 1.29 is 9.84 Å². The van der Waals surface area contributed by atoms with Gasteiger partial charge in [0.2, 0.25) is 0 Å². The molecule has 0 fully saturated rings. The third-order valence-electron chi connectivity index (χ3n) is 2.44. The summed E-state index contributed by atoms with van der Waals surface area (Å²) >= 11 is 5.86. The predicted molar refractivity (Wildman–Crippen MR) is 73.3 cm³/mol. The van der Waals surface area contributed by atoms with E-state index in [0.717, 1.165) is 6.42 Å². The van der Waals surface area contributed by atoms with Gasteiger partial charge in [-0.05, 0) is 24.5 Å². The number of nitrogens with two attached hydrogens (primary N) is 1. The first-order chi connectivity index (χ1) is 7.47. The molecule has 0 unspecified atom stereocenters. The van der Waals surface area contributed by atoms with Crippen LogP contribution in [-0.2, 0) is 0 Å². The molecule has 0 spiro atoms. The quantitative estimate of drug-likeness (QED) is 0.887. The van der Waals surface area contributed by atoms with Crippen molar-refractivity contribution in [2.45, 2.75) is 26.3 Å². The number of halogens is 2. The first-order valence-electron chi connectivity index (χ1n) is 5.28. The minimum absolute atomic E-state index is 0. The molecule has 0 amide bonds. The Morgan fingerprint density at radius 2 is 2.00 bits per heavy atom. The molecule has 0 bridgehead atoms. The van der Waals surface area contributed by atoms with Crippen LogP contribution in [0, 0.1) is 5.92 Å². The van der Waals surface area contributed by atoms with Gasteiger partial charge >= 0.3 is 0 Å². The van der Waals surface area contributed by atoms with Crippen LogP contribution in [-0.4, -0.2) is 12.2 Å². The normalized spacial score (nSPS) is 12.1. The molecule has 98 valence electrons. The van der Waals surface area contributed by atoms with Crippen LogP contribution >= 0.6 is 24.0 Å². The van der Waals surface area contributed by atoms with Crippen LogP contribution in [0.15, 0.2) is 12.1 Å². The summed E-state index contributed by atoms with van der Waals surface area (Å²) < 4.78 is 5.19. The Morgan fingerprint density at radius 3 is 2.47 bits per heavy atom. The summed E-state index contributed by atoms with van der Waals surface area (Å²) in [6.45, 7) is 4.15. The third-order valence-corrected chi connectivity index (χ3v) is 2.75. The van der Waals surface area contributed by atoms with E-state index < -0.39 is 0 Å². The largest absolute Gasteiger partial charge is 0.506 e. The van der Waals surface area contributed by atoms with Crippen molar-refractivity contribution in [3.8, 4) is 11.5 Å². The number of phenolic OH excluding ortho intramolecular Hbond substituents is 1. The number of rotatable bonds is 4. The molecule has 0 aliphatic carbocycles. The van der Waals surface area contributed by atoms with Crippen LogP contribution in [0.2, 0.25) is 5.02 Å². The van der Waals surface area contributed by atoms with E-state index >= 15 is 0 Å². The molecule has 0 aliphatic heterocycles. The summed E-state index contributed by atoms with van der Waals surface area (Å²) in [6, 6.07) is 3.05. The van der Waals surface area contributed by atoms with Gasteiger partial charge in [-0.15, -0.1) is 12.4 Å². The topological polar surface area (TPSA) is 55.5 Å². The summed E-state index contributed by atoms with van der Waals surface area (Å²) in [5.41, 5.74) is 6.63. The maximum Gasteiger partial charge on any atom is 0.142 e. The van der Waals surface area contributed by atoms with E-state index in [2.05, 4.69) is 13.8 Å². The average Bonchev–Trinajstić information content (AvgIpc) is 2.20. The number of hydrogen-bond acceptors (Lipinski definition) is 3. The Balaban J connectivity index is 0.00000256. The van der Waals surface area contributed by atoms with Crippen molar-refractivity contribution in [1.82, 2.24) is 0 Å². The molecular formula is C12H19Cl2NO2. The van der Waals surface area contributed by atoms with Gasteiger partial charge in [0.15, 0.2) is 0 Å². The van der Waals surface area contributed by atoms with E-state index in [1.165, 1.54) is 0 Å². The van der Waals surface area contributed by atoms with Crippen LogP contribution in [0.4, 0.5) is 0 Å². The Morgan fingerprint density at radius 1 is 1.41 bits per heavy atom. The fourth-order valence-electron chi connectivity index (χ4n) is 1.72. The zero-order valence-electron chi connectivity index (χ0n) is 10.2. The highest BCUT2D eigenvalue weighted by Gasteiger charge is 2.19. The molecular weight excluding hydrogens is 261 g/mol. The first-order valence-corrected chi connectivity index (χ1v) is 5.66. The molecule has 0 aromatic heterocycles. The van der Waals surface area contributed by atoms with Crippen LogP contribution in [0.25, 0.3) is 0 Å². The van der Waals surface area contributed by atoms with Crippen molar-refractivity contribution in [2.75, 3.05) is 7.11 Å². The Kier molecular flexibility index (Phi) is 6.68. The smallest absolute Gasteiger partial charge is 0.142 e. The van der Waals surface area contributed by atoms with Gasteiger partial charge < -0.3 is 15.6 Å². The van der Waals surface area contributed by atoms with E-state index in [0.29, 0.717) is 22.3 Å². The van der Waals surface area contributed by atoms with Gasteiger partial charge in [0, 0.05) is 6.04 Å². The van der Waals surface area contributed by atoms with E-state index in [9.17, 15) is 5.11 Å². The molecule has 1 aromatic carbocycles. The van der Waals surface area contributed by atoms with Gasteiger partial charge in [0.1, 0.15) is 11.5 Å². The first kappa shape index (κ1) is 16.4. The minimum atomic E-state index is -0.270. The summed E-state index contributed by atoms with van der Waals surface area (Å²) in [5.74, 6) is 1.04. The third kappa shape index (κ3) is 3.95. The molecule has 0 aliphatic rings. The number of methoxy groups -OCH3 is 1. The Bertz CT molecular complexity index is 370. The molecule has 17 heavy (non-hydrogen) atoms. The van der Waals surface area contributed by atoms with E-state index in [1.54, 1.807) is 19.2 Å². The summed E-state index contributed by atoms with van der Waals surface area (Å²) in [7, 11) is 1.55. The van der Waals surface area contributed by atoms with Crippen LogP contribution < -0.4 is 10.5 Å². The number of ether oxygens (including phenoxy) is 1. The molecule has 5 heteroatoms. The second-order valence-corrected chi connectivity index (χ2v) is 4.66. The standard InChI is InChI=1S/C12H18ClNO2.ClH/c1-7(2)6-9(14)11-10(16-3)5-4-8(13)12(11)15;/h4-5,7,9,15H,6,14H2,1-3H3;1H/t9-;/m1./s1. The lowest BCUT2D eigenvalue weighted by molar-refractivity contribution is 0.385. The maximum absolute atomic E-state index is 9.90. The molecule has 0 saturated heterocycles. The van der Waals surface area contributed by atoms with Gasteiger partial charge in [0.05, 0.1) is 17.7 Å². The van der Waals surface area contributed by atoms with Crippen molar-refractivity contribution >= 4 is 24.0 Å². The number of benzene rings is 1. The van der Waals surface area contributed by atoms with E-state index in [1.807, 2.05) is 0 Å². The highest BCUT2D eigenvalue weighted by atomic mass is 35.5. The molecule has 0 radical (unpaired) electrons. The average molecular weight is 280 g/mol. The zero-order chi connectivity index (χ0) is 12.3. The Labute approximate surface area is 113 Å². The minimum Gasteiger partial charge on any atom is -0.506 e. The molecule has 1 rings (SSSR count). The molecule has 0 heterocycles. The maximum atomic E-state index is 9.90. The van der Waals surface area contributed by atoms with E-state index in [4.69, 9.17) is 22.1 Å². The molecule has 3 nitrogen and oxygen atoms in total. The van der Waals surface area contributed by atoms with Gasteiger partial charge in [-0.1, -0.05) is 25.4 Å². The fourth-order valence-corrected chi connectivity index (χ4v) is 1.89. The zero-order valence-corrected chi connectivity index (χ0v) is 11.8. The summed E-state index contributed by atoms with van der Waals surface area (Å²) in [6.07, 6.45) is 0.768. The second-order valence-electron chi connectivity index (χ2n) is 4.25. The summed E-state index contributed by atoms with van der Waals surface area (Å²) in [4.78, 5) is 0. The van der Waals surface area contributed by atoms with Crippen LogP contribution in [0.1, 0.15) is 31.9 Å². The van der Waals surface area contributed by atoms with Crippen molar-refractivity contribution in [2.24, 2.45) is 11.7 Å². The lowest BCUT2D eigenvalue weighted by Crippen LogP contribution is -2.14. The number of hydrogen-bond donors (Lipinski definition) is 2. The number of aromatic hydroxyl groups is 1. The molecule has 1 aromatic rings. The van der Waals surface area contributed by atoms with Crippen molar-refractivity contribution in [3.63, 3.8) is 0 Å². The van der Waals surface area contributed by atoms with E-state index in [-0.39, 0.29) is 24.2 Å². The molecule has 1 atom stereocenters. The second kappa shape index (κ2) is 6.94. The Hall–Kier alpha value is -0.640. The van der Waals surface area contributed by atoms with Crippen molar-refractivity contribution in [3.05, 3.63) is 22.7 Å². The lowest BCUT2D eigenvalue weighted by atomic mass is 9.96. The van der Waals surface area contributed by atoms with Gasteiger partial charge in [-0.2, -0.15) is 0 Å². The monoisotopic (exact) mass is 279 g/mol. The highest BCUT2D eigenvalue weighted by molar-refractivity contribution is 6.32. The van der Waals surface area contributed by atoms with Gasteiger partial charge in [-0.25, -0.2) is 0 Å². The number of phenols is 1. The predicted octanol–water partition coefficient (Wildman–Crippen LogP) is 3.52. The van der Waals surface area contributed by atoms with Crippen molar-refractivity contribution in [1.29, 1.82) is 0 Å². The van der Waals surface area contributed by atoms with Gasteiger partial charge in [0.25, 0.3) is 0 Å². The fraction of sp³-hybridized carbons (Fsp3) is 0.500. The van der Waals surface area contributed by atoms with Crippen LogP contribution in [0.3, 0.4) is 0 Å². The SMILES string of the molecule is COc1ccc(Cl)c(O)c1[C@H](N)CC(C)C.Cl. The lowest BCUT2D eigenvalue weighted by Gasteiger charge is -2.19.